The van der Waals surface area contributed by atoms with Crippen LogP contribution in [-0.2, 0) is 11.3 Å². The van der Waals surface area contributed by atoms with Gasteiger partial charge in [-0.05, 0) is 24.5 Å². The van der Waals surface area contributed by atoms with Crippen LogP contribution in [0.5, 0.6) is 0 Å². The minimum Gasteiger partial charge on any atom is -0.375 e. The largest absolute Gasteiger partial charge is 0.375 e. The highest BCUT2D eigenvalue weighted by Gasteiger charge is 2.09. The fourth-order valence-electron chi connectivity index (χ4n) is 1.22. The molecule has 0 amide bonds. The van der Waals surface area contributed by atoms with Crippen molar-refractivity contribution in [1.29, 1.82) is 0 Å². The molecule has 0 unspecified atom stereocenters. The van der Waals surface area contributed by atoms with Crippen LogP contribution in [0.3, 0.4) is 0 Å². The predicted molar refractivity (Wildman–Crippen MR) is 56.5 cm³/mol. The molecule has 0 spiro atoms. The maximum atomic E-state index is 5.78. The fraction of sp³-hybridized carbons (Fsp3) is 0.600. The number of ether oxygens (including phenoxy) is 1. The second-order valence-electron chi connectivity index (χ2n) is 3.36. The van der Waals surface area contributed by atoms with Gasteiger partial charge in [0, 0.05) is 6.61 Å². The first kappa shape index (κ1) is 11.4. The quantitative estimate of drug-likeness (QED) is 0.773. The van der Waals surface area contributed by atoms with E-state index in [9.17, 15) is 0 Å². The van der Waals surface area contributed by atoms with Crippen molar-refractivity contribution in [1.82, 2.24) is 10.2 Å². The number of hydrogen-bond acceptors (Lipinski definition) is 3. The van der Waals surface area contributed by atoms with E-state index in [4.69, 9.17) is 16.3 Å². The van der Waals surface area contributed by atoms with E-state index in [1.165, 1.54) is 0 Å². The number of rotatable bonds is 4. The van der Waals surface area contributed by atoms with E-state index < -0.39 is 0 Å². The lowest BCUT2D eigenvalue weighted by Crippen LogP contribution is -2.04. The molecule has 1 aromatic rings. The van der Waals surface area contributed by atoms with Gasteiger partial charge < -0.3 is 4.74 Å². The summed E-state index contributed by atoms with van der Waals surface area (Å²) in [5, 5.41) is 8.28. The Kier molecular flexibility index (Phi) is 4.29. The smallest absolute Gasteiger partial charge is 0.152 e. The summed E-state index contributed by atoms with van der Waals surface area (Å²) in [6.07, 6.45) is 0. The monoisotopic (exact) mass is 214 g/mol. The van der Waals surface area contributed by atoms with E-state index in [2.05, 4.69) is 24.0 Å². The first-order valence-electron chi connectivity index (χ1n) is 4.74. The van der Waals surface area contributed by atoms with Crippen molar-refractivity contribution in [2.45, 2.75) is 33.3 Å². The maximum absolute atomic E-state index is 5.78. The summed E-state index contributed by atoms with van der Waals surface area (Å²) in [5.74, 6) is 0.387. The molecule has 1 heterocycles. The van der Waals surface area contributed by atoms with Gasteiger partial charge in [-0.3, -0.25) is 0 Å². The Balaban J connectivity index is 2.90. The van der Waals surface area contributed by atoms with Gasteiger partial charge in [0.25, 0.3) is 0 Å². The van der Waals surface area contributed by atoms with Crippen LogP contribution in [-0.4, -0.2) is 16.8 Å². The SMILES string of the molecule is CCOCc1nnc(Cl)cc1C(C)C. The van der Waals surface area contributed by atoms with E-state index in [0.29, 0.717) is 24.3 Å². The van der Waals surface area contributed by atoms with Crippen molar-refractivity contribution in [2.24, 2.45) is 0 Å². The van der Waals surface area contributed by atoms with Gasteiger partial charge in [0.15, 0.2) is 5.15 Å². The molecular formula is C10H15ClN2O. The number of nitrogens with zero attached hydrogens (tertiary/aromatic N) is 2. The van der Waals surface area contributed by atoms with E-state index in [0.717, 1.165) is 11.3 Å². The van der Waals surface area contributed by atoms with Crippen LogP contribution in [0.25, 0.3) is 0 Å². The Labute approximate surface area is 89.4 Å². The number of aromatic nitrogens is 2. The standard InChI is InChI=1S/C10H15ClN2O/c1-4-14-6-9-8(7(2)3)5-10(11)13-12-9/h5,7H,4,6H2,1-3H3. The van der Waals surface area contributed by atoms with E-state index in [-0.39, 0.29) is 0 Å². The molecule has 0 radical (unpaired) electrons. The van der Waals surface area contributed by atoms with E-state index in [1.807, 2.05) is 13.0 Å². The average molecular weight is 215 g/mol. The normalized spacial score (nSPS) is 10.9. The lowest BCUT2D eigenvalue weighted by molar-refractivity contribution is 0.130. The molecule has 1 rings (SSSR count). The van der Waals surface area contributed by atoms with Crippen LogP contribution in [0.15, 0.2) is 6.07 Å². The van der Waals surface area contributed by atoms with Gasteiger partial charge in [0.2, 0.25) is 0 Å². The first-order chi connectivity index (χ1) is 6.65. The molecule has 14 heavy (non-hydrogen) atoms. The highest BCUT2D eigenvalue weighted by molar-refractivity contribution is 6.29. The molecule has 78 valence electrons. The summed E-state index contributed by atoms with van der Waals surface area (Å²) in [4.78, 5) is 0. The van der Waals surface area contributed by atoms with Crippen LogP contribution in [0.4, 0.5) is 0 Å². The van der Waals surface area contributed by atoms with Gasteiger partial charge in [0.05, 0.1) is 12.3 Å². The highest BCUT2D eigenvalue weighted by atomic mass is 35.5. The second kappa shape index (κ2) is 5.27. The zero-order valence-electron chi connectivity index (χ0n) is 8.75. The summed E-state index contributed by atoms with van der Waals surface area (Å²) < 4.78 is 5.30. The fourth-order valence-corrected chi connectivity index (χ4v) is 1.37. The molecule has 1 aromatic heterocycles. The second-order valence-corrected chi connectivity index (χ2v) is 3.75. The molecule has 0 saturated heterocycles. The van der Waals surface area contributed by atoms with E-state index in [1.54, 1.807) is 0 Å². The molecule has 3 nitrogen and oxygen atoms in total. The minimum absolute atomic E-state index is 0.387. The van der Waals surface area contributed by atoms with Crippen LogP contribution in [0.1, 0.15) is 37.9 Å². The Morgan fingerprint density at radius 3 is 2.71 bits per heavy atom. The van der Waals surface area contributed by atoms with Gasteiger partial charge >= 0.3 is 0 Å². The lowest BCUT2D eigenvalue weighted by atomic mass is 10.0. The molecule has 4 heteroatoms. The molecule has 0 aliphatic rings. The van der Waals surface area contributed by atoms with Crippen molar-refractivity contribution in [3.63, 3.8) is 0 Å². The summed E-state index contributed by atoms with van der Waals surface area (Å²) in [6.45, 7) is 7.35. The average Bonchev–Trinajstić information content (AvgIpc) is 2.15. The van der Waals surface area contributed by atoms with E-state index >= 15 is 0 Å². The molecule has 0 aliphatic heterocycles. The third-order valence-corrected chi connectivity index (χ3v) is 2.12. The van der Waals surface area contributed by atoms with Gasteiger partial charge in [-0.25, -0.2) is 0 Å². The first-order valence-corrected chi connectivity index (χ1v) is 5.12. The zero-order valence-corrected chi connectivity index (χ0v) is 9.51. The number of hydrogen-bond donors (Lipinski definition) is 0. The topological polar surface area (TPSA) is 35.0 Å². The molecular weight excluding hydrogens is 200 g/mol. The minimum atomic E-state index is 0.387. The number of halogens is 1. The third-order valence-electron chi connectivity index (χ3n) is 1.94. The zero-order chi connectivity index (χ0) is 10.6. The molecule has 0 aliphatic carbocycles. The van der Waals surface area contributed by atoms with Gasteiger partial charge in [0.1, 0.15) is 0 Å². The Morgan fingerprint density at radius 2 is 2.14 bits per heavy atom. The third kappa shape index (κ3) is 2.93. The van der Waals surface area contributed by atoms with Crippen molar-refractivity contribution < 1.29 is 4.74 Å². The Bertz CT molecular complexity index is 302. The van der Waals surface area contributed by atoms with Crippen LogP contribution < -0.4 is 0 Å². The van der Waals surface area contributed by atoms with Crippen LogP contribution >= 0.6 is 11.6 Å². The highest BCUT2D eigenvalue weighted by Crippen LogP contribution is 2.20. The molecule has 0 N–H and O–H groups in total. The van der Waals surface area contributed by atoms with Crippen molar-refractivity contribution in [3.05, 3.63) is 22.5 Å². The summed E-state index contributed by atoms with van der Waals surface area (Å²) in [6, 6.07) is 1.85. The van der Waals surface area contributed by atoms with Crippen LogP contribution in [0, 0.1) is 0 Å². The molecule has 0 bridgehead atoms. The van der Waals surface area contributed by atoms with Crippen molar-refractivity contribution in [3.8, 4) is 0 Å². The molecule has 0 atom stereocenters. The molecule has 0 fully saturated rings. The summed E-state index contributed by atoms with van der Waals surface area (Å²) >= 11 is 5.78. The molecule has 0 aromatic carbocycles. The van der Waals surface area contributed by atoms with Gasteiger partial charge in [-0.2, -0.15) is 5.10 Å². The van der Waals surface area contributed by atoms with Crippen molar-refractivity contribution in [2.75, 3.05) is 6.61 Å². The summed E-state index contributed by atoms with van der Waals surface area (Å²) in [5.41, 5.74) is 1.99. The Hall–Kier alpha value is -0.670. The Morgan fingerprint density at radius 1 is 1.43 bits per heavy atom. The van der Waals surface area contributed by atoms with Gasteiger partial charge in [-0.15, -0.1) is 5.10 Å². The van der Waals surface area contributed by atoms with Gasteiger partial charge in [-0.1, -0.05) is 25.4 Å². The van der Waals surface area contributed by atoms with Crippen molar-refractivity contribution >= 4 is 11.6 Å². The summed E-state index contributed by atoms with van der Waals surface area (Å²) in [7, 11) is 0. The van der Waals surface area contributed by atoms with Crippen LogP contribution in [0.2, 0.25) is 5.15 Å². The lowest BCUT2D eigenvalue weighted by Gasteiger charge is -2.10. The predicted octanol–water partition coefficient (Wildman–Crippen LogP) is 2.79. The maximum Gasteiger partial charge on any atom is 0.152 e. The molecule has 0 saturated carbocycles.